The Labute approximate surface area is 180 Å². The van der Waals surface area contributed by atoms with Gasteiger partial charge in [0.1, 0.15) is 15.3 Å². The van der Waals surface area contributed by atoms with Crippen molar-refractivity contribution < 1.29 is 21.2 Å². The zero-order chi connectivity index (χ0) is 22.1. The molecule has 0 saturated heterocycles. The molecule has 5 nitrogen and oxygen atoms in total. The predicted octanol–water partition coefficient (Wildman–Crippen LogP) is 4.31. The summed E-state index contributed by atoms with van der Waals surface area (Å²) in [7, 11) is -7.85. The van der Waals surface area contributed by atoms with Gasteiger partial charge in [0, 0.05) is 6.54 Å². The Bertz CT molecular complexity index is 1230. The van der Waals surface area contributed by atoms with Crippen LogP contribution in [0, 0.1) is 26.6 Å². The number of sulfonamides is 1. The van der Waals surface area contributed by atoms with Crippen molar-refractivity contribution >= 4 is 31.2 Å². The van der Waals surface area contributed by atoms with Crippen molar-refractivity contribution in [1.82, 2.24) is 4.72 Å². The molecule has 0 bridgehead atoms. The molecular formula is C21H22FNO4S3. The Balaban J connectivity index is 1.99. The van der Waals surface area contributed by atoms with Crippen LogP contribution in [-0.4, -0.2) is 23.4 Å². The van der Waals surface area contributed by atoms with Gasteiger partial charge in [-0.2, -0.15) is 0 Å². The quantitative estimate of drug-likeness (QED) is 0.562. The van der Waals surface area contributed by atoms with E-state index >= 15 is 0 Å². The summed E-state index contributed by atoms with van der Waals surface area (Å²) in [5.41, 5.74) is 2.41. The molecule has 0 unspecified atom stereocenters. The number of nitrogens with one attached hydrogen (secondary N) is 1. The third-order valence-corrected chi connectivity index (χ3v) is 9.98. The molecule has 0 radical (unpaired) electrons. The van der Waals surface area contributed by atoms with E-state index in [1.54, 1.807) is 37.4 Å². The van der Waals surface area contributed by atoms with Crippen LogP contribution in [0.4, 0.5) is 4.39 Å². The van der Waals surface area contributed by atoms with Crippen LogP contribution in [0.5, 0.6) is 0 Å². The van der Waals surface area contributed by atoms with E-state index in [2.05, 4.69) is 4.72 Å². The minimum atomic E-state index is -3.96. The van der Waals surface area contributed by atoms with Crippen LogP contribution < -0.4 is 4.72 Å². The van der Waals surface area contributed by atoms with Crippen molar-refractivity contribution in [2.75, 3.05) is 6.54 Å². The summed E-state index contributed by atoms with van der Waals surface area (Å²) in [6.45, 7) is 4.91. The maximum absolute atomic E-state index is 13.4. The molecule has 2 aromatic carbocycles. The Morgan fingerprint density at radius 2 is 1.57 bits per heavy atom. The summed E-state index contributed by atoms with van der Waals surface area (Å²) >= 11 is 1.05. The van der Waals surface area contributed by atoms with Gasteiger partial charge < -0.3 is 0 Å². The lowest BCUT2D eigenvalue weighted by molar-refractivity contribution is 0.568. The number of thiophene rings is 1. The maximum atomic E-state index is 13.4. The molecule has 1 atom stereocenters. The predicted molar refractivity (Wildman–Crippen MR) is 116 cm³/mol. The van der Waals surface area contributed by atoms with E-state index < -0.39 is 30.9 Å². The molecule has 0 spiro atoms. The molecular weight excluding hydrogens is 445 g/mol. The summed E-state index contributed by atoms with van der Waals surface area (Å²) in [5, 5.41) is 0.440. The first kappa shape index (κ1) is 22.6. The summed E-state index contributed by atoms with van der Waals surface area (Å²) in [4.78, 5) is 0.138. The molecule has 0 saturated carbocycles. The first-order valence-electron chi connectivity index (χ1n) is 9.13. The summed E-state index contributed by atoms with van der Waals surface area (Å²) in [6.07, 6.45) is 0. The van der Waals surface area contributed by atoms with Gasteiger partial charge in [0.05, 0.1) is 4.90 Å². The van der Waals surface area contributed by atoms with Crippen LogP contribution >= 0.6 is 11.3 Å². The number of benzene rings is 2. The van der Waals surface area contributed by atoms with Gasteiger partial charge in [0.2, 0.25) is 10.0 Å². The van der Waals surface area contributed by atoms with Crippen LogP contribution in [0.2, 0.25) is 0 Å². The van der Waals surface area contributed by atoms with Gasteiger partial charge in [-0.05, 0) is 61.0 Å². The van der Waals surface area contributed by atoms with Crippen LogP contribution in [0.25, 0.3) is 0 Å². The minimum Gasteiger partial charge on any atom is -0.222 e. The highest BCUT2D eigenvalue weighted by molar-refractivity contribution is 7.93. The van der Waals surface area contributed by atoms with Gasteiger partial charge in [-0.25, -0.2) is 25.9 Å². The second kappa shape index (κ2) is 8.58. The van der Waals surface area contributed by atoms with E-state index in [9.17, 15) is 21.2 Å². The highest BCUT2D eigenvalue weighted by Crippen LogP contribution is 2.32. The van der Waals surface area contributed by atoms with E-state index in [0.29, 0.717) is 16.7 Å². The molecule has 9 heteroatoms. The van der Waals surface area contributed by atoms with Crippen LogP contribution in [-0.2, 0) is 19.9 Å². The molecule has 0 aliphatic heterocycles. The monoisotopic (exact) mass is 467 g/mol. The summed E-state index contributed by atoms with van der Waals surface area (Å²) in [6, 6.07) is 11.7. The second-order valence-electron chi connectivity index (χ2n) is 7.10. The molecule has 30 heavy (non-hydrogen) atoms. The van der Waals surface area contributed by atoms with Crippen LogP contribution in [0.3, 0.4) is 0 Å². The second-order valence-corrected chi connectivity index (χ2v) is 12.1. The zero-order valence-electron chi connectivity index (χ0n) is 16.7. The molecule has 0 amide bonds. The highest BCUT2D eigenvalue weighted by atomic mass is 32.2. The lowest BCUT2D eigenvalue weighted by atomic mass is 10.1. The lowest BCUT2D eigenvalue weighted by Crippen LogP contribution is -2.32. The summed E-state index contributed by atoms with van der Waals surface area (Å²) in [5.74, 6) is -0.502. The molecule has 1 heterocycles. The Hall–Kier alpha value is -2.07. The van der Waals surface area contributed by atoms with Gasteiger partial charge in [-0.3, -0.25) is 0 Å². The van der Waals surface area contributed by atoms with Crippen molar-refractivity contribution in [3.63, 3.8) is 0 Å². The SMILES string of the molecule is Cc1cc(C)c(S(=O)(=O)NC[C@@H](c2ccc(F)cc2)S(=O)(=O)c2cccs2)c(C)c1. The molecule has 160 valence electrons. The Morgan fingerprint density at radius 3 is 2.10 bits per heavy atom. The average molecular weight is 468 g/mol. The highest BCUT2D eigenvalue weighted by Gasteiger charge is 2.32. The molecule has 0 aliphatic rings. The van der Waals surface area contributed by atoms with Gasteiger partial charge >= 0.3 is 0 Å². The number of aryl methyl sites for hydroxylation is 3. The number of sulfone groups is 1. The normalized spacial score (nSPS) is 13.3. The molecule has 3 rings (SSSR count). The number of rotatable bonds is 7. The number of halogens is 1. The fourth-order valence-electron chi connectivity index (χ4n) is 3.50. The minimum absolute atomic E-state index is 0.124. The van der Waals surface area contributed by atoms with Crippen molar-refractivity contribution in [3.05, 3.63) is 82.0 Å². The molecule has 1 N–H and O–H groups in total. The van der Waals surface area contributed by atoms with Crippen LogP contribution in [0.1, 0.15) is 27.5 Å². The standard InChI is InChI=1S/C21H22FNO4S3/c1-14-11-15(2)21(16(3)12-14)30(26,27)23-13-19(17-6-8-18(22)9-7-17)29(24,25)20-5-4-10-28-20/h4-12,19,23H,13H2,1-3H3/t19-/m0/s1. The van der Waals surface area contributed by atoms with E-state index in [1.165, 1.54) is 18.2 Å². The van der Waals surface area contributed by atoms with Gasteiger partial charge in [0.15, 0.2) is 9.84 Å². The van der Waals surface area contributed by atoms with Gasteiger partial charge in [-0.15, -0.1) is 11.3 Å². The van der Waals surface area contributed by atoms with E-state index in [1.807, 2.05) is 6.92 Å². The first-order chi connectivity index (χ1) is 14.0. The van der Waals surface area contributed by atoms with E-state index in [-0.39, 0.29) is 15.6 Å². The molecule has 0 fully saturated rings. The fraction of sp³-hybridized carbons (Fsp3) is 0.238. The molecule has 3 aromatic rings. The Kier molecular flexibility index (Phi) is 6.47. The van der Waals surface area contributed by atoms with E-state index in [0.717, 1.165) is 29.0 Å². The fourth-order valence-corrected chi connectivity index (χ4v) is 7.97. The average Bonchev–Trinajstić information content (AvgIpc) is 3.17. The number of hydrogen-bond donors (Lipinski definition) is 1. The van der Waals surface area contributed by atoms with Gasteiger partial charge in [-0.1, -0.05) is 35.9 Å². The van der Waals surface area contributed by atoms with Crippen molar-refractivity contribution in [2.45, 2.75) is 35.1 Å². The van der Waals surface area contributed by atoms with Crippen molar-refractivity contribution in [1.29, 1.82) is 0 Å². The van der Waals surface area contributed by atoms with Crippen molar-refractivity contribution in [3.8, 4) is 0 Å². The largest absolute Gasteiger partial charge is 0.241 e. The van der Waals surface area contributed by atoms with Crippen molar-refractivity contribution in [2.24, 2.45) is 0 Å². The van der Waals surface area contributed by atoms with Crippen LogP contribution in [0.15, 0.2) is 63.0 Å². The van der Waals surface area contributed by atoms with E-state index in [4.69, 9.17) is 0 Å². The lowest BCUT2D eigenvalue weighted by Gasteiger charge is -2.19. The third-order valence-electron chi connectivity index (χ3n) is 4.72. The Morgan fingerprint density at radius 1 is 0.967 bits per heavy atom. The third kappa shape index (κ3) is 4.64. The summed E-state index contributed by atoms with van der Waals surface area (Å²) < 4.78 is 68.4. The zero-order valence-corrected chi connectivity index (χ0v) is 19.2. The first-order valence-corrected chi connectivity index (χ1v) is 13.0. The number of hydrogen-bond acceptors (Lipinski definition) is 5. The topological polar surface area (TPSA) is 80.3 Å². The molecule has 1 aromatic heterocycles. The maximum Gasteiger partial charge on any atom is 0.241 e. The van der Waals surface area contributed by atoms with Gasteiger partial charge in [0.25, 0.3) is 0 Å². The smallest absolute Gasteiger partial charge is 0.222 e. The molecule has 0 aliphatic carbocycles.